The van der Waals surface area contributed by atoms with Gasteiger partial charge < -0.3 is 20.5 Å². The van der Waals surface area contributed by atoms with Crippen molar-refractivity contribution < 1.29 is 24.2 Å². The number of methoxy groups -OCH3 is 1. The highest BCUT2D eigenvalue weighted by Gasteiger charge is 2.20. The minimum Gasteiger partial charge on any atom is -0.480 e. The number of carbonyl (C=O) groups excluding carboxylic acids is 2. The van der Waals surface area contributed by atoms with Gasteiger partial charge in [0.25, 0.3) is 0 Å². The Balaban J connectivity index is 4.10. The molecule has 0 aromatic rings. The summed E-state index contributed by atoms with van der Waals surface area (Å²) in [6.07, 6.45) is 0.172. The number of esters is 1. The minimum absolute atomic E-state index is 0.0211. The first-order valence-electron chi connectivity index (χ1n) is 5.24. The van der Waals surface area contributed by atoms with E-state index in [0.29, 0.717) is 6.54 Å². The molecule has 0 unspecified atom stereocenters. The zero-order chi connectivity index (χ0) is 13.3. The predicted octanol–water partition coefficient (Wildman–Crippen LogP) is -0.881. The molecule has 0 aliphatic rings. The van der Waals surface area contributed by atoms with E-state index < -0.39 is 18.0 Å². The van der Waals surface area contributed by atoms with Gasteiger partial charge in [-0.05, 0) is 13.5 Å². The largest absolute Gasteiger partial charge is 0.480 e. The van der Waals surface area contributed by atoms with Gasteiger partial charge in [-0.25, -0.2) is 4.79 Å². The maximum Gasteiger partial charge on any atom is 0.326 e. The van der Waals surface area contributed by atoms with Crippen LogP contribution in [0, 0.1) is 0 Å². The molecule has 0 spiro atoms. The van der Waals surface area contributed by atoms with Gasteiger partial charge in [0.05, 0.1) is 7.11 Å². The fourth-order valence-corrected chi connectivity index (χ4v) is 1.13. The summed E-state index contributed by atoms with van der Waals surface area (Å²) in [5, 5.41) is 14.0. The number of hydrogen-bond donors (Lipinski definition) is 3. The summed E-state index contributed by atoms with van der Waals surface area (Å²) in [6.45, 7) is 0.467. The van der Waals surface area contributed by atoms with E-state index in [0.717, 1.165) is 0 Å². The molecule has 0 aliphatic carbocycles. The van der Waals surface area contributed by atoms with Crippen LogP contribution in [0.3, 0.4) is 0 Å². The lowest BCUT2D eigenvalue weighted by atomic mass is 10.1. The first-order chi connectivity index (χ1) is 8.01. The fraction of sp³-hybridized carbons (Fsp3) is 0.700. The molecule has 7 heteroatoms. The lowest BCUT2D eigenvalue weighted by molar-refractivity contribution is -0.144. The number of ether oxygens (including phenoxy) is 1. The van der Waals surface area contributed by atoms with Crippen LogP contribution in [0.4, 0.5) is 0 Å². The van der Waals surface area contributed by atoms with Crippen molar-refractivity contribution in [2.45, 2.75) is 25.3 Å². The Morgan fingerprint density at radius 2 is 1.94 bits per heavy atom. The molecular weight excluding hydrogens is 228 g/mol. The number of carboxylic acid groups (broad SMARTS) is 1. The van der Waals surface area contributed by atoms with Crippen molar-refractivity contribution in [2.75, 3.05) is 20.7 Å². The van der Waals surface area contributed by atoms with Gasteiger partial charge in [-0.3, -0.25) is 9.59 Å². The van der Waals surface area contributed by atoms with Crippen LogP contribution in [-0.4, -0.2) is 49.7 Å². The van der Waals surface area contributed by atoms with E-state index in [-0.39, 0.29) is 25.2 Å². The molecule has 17 heavy (non-hydrogen) atoms. The molecule has 1 amide bonds. The molecule has 0 aromatic carbocycles. The quantitative estimate of drug-likeness (QED) is 0.480. The first-order valence-corrected chi connectivity index (χ1v) is 5.24. The number of carboxylic acids is 1. The second kappa shape index (κ2) is 8.51. The Labute approximate surface area is 99.5 Å². The summed E-state index contributed by atoms with van der Waals surface area (Å²) in [5.74, 6) is -2.02. The van der Waals surface area contributed by atoms with Crippen molar-refractivity contribution in [1.82, 2.24) is 10.6 Å². The summed E-state index contributed by atoms with van der Waals surface area (Å²) in [7, 11) is 2.92. The van der Waals surface area contributed by atoms with Gasteiger partial charge in [0.1, 0.15) is 6.04 Å². The normalized spacial score (nSPS) is 11.6. The molecule has 0 aromatic heterocycles. The van der Waals surface area contributed by atoms with Crippen LogP contribution < -0.4 is 10.6 Å². The summed E-state index contributed by atoms with van der Waals surface area (Å²) in [5.41, 5.74) is 0. The number of aliphatic carboxylic acids is 1. The van der Waals surface area contributed by atoms with Gasteiger partial charge in [-0.1, -0.05) is 0 Å². The van der Waals surface area contributed by atoms with Gasteiger partial charge in [-0.2, -0.15) is 0 Å². The molecule has 0 fully saturated rings. The average molecular weight is 246 g/mol. The molecule has 7 nitrogen and oxygen atoms in total. The molecule has 0 saturated carbocycles. The van der Waals surface area contributed by atoms with Crippen molar-refractivity contribution in [3.63, 3.8) is 0 Å². The first kappa shape index (κ1) is 15.4. The number of carbonyl (C=O) groups is 3. The third kappa shape index (κ3) is 7.29. The molecule has 3 N–H and O–H groups in total. The number of nitrogens with one attached hydrogen (secondary N) is 2. The van der Waals surface area contributed by atoms with Crippen molar-refractivity contribution >= 4 is 17.8 Å². The van der Waals surface area contributed by atoms with Crippen LogP contribution >= 0.6 is 0 Å². The predicted molar refractivity (Wildman–Crippen MR) is 59.4 cm³/mol. The lowest BCUT2D eigenvalue weighted by Gasteiger charge is -2.13. The van der Waals surface area contributed by atoms with Gasteiger partial charge in [0.2, 0.25) is 5.91 Å². The van der Waals surface area contributed by atoms with Gasteiger partial charge in [0, 0.05) is 19.4 Å². The minimum atomic E-state index is -1.16. The van der Waals surface area contributed by atoms with Gasteiger partial charge >= 0.3 is 11.9 Å². The molecule has 0 aliphatic heterocycles. The Kier molecular flexibility index (Phi) is 7.70. The summed E-state index contributed by atoms with van der Waals surface area (Å²) < 4.78 is 4.40. The highest BCUT2D eigenvalue weighted by atomic mass is 16.5. The smallest absolute Gasteiger partial charge is 0.326 e. The number of amides is 1. The second-order valence-electron chi connectivity index (χ2n) is 3.43. The monoisotopic (exact) mass is 246 g/mol. The molecule has 0 bridgehead atoms. The highest BCUT2D eigenvalue weighted by Crippen LogP contribution is 2.00. The number of hydrogen-bond acceptors (Lipinski definition) is 5. The van der Waals surface area contributed by atoms with E-state index in [1.165, 1.54) is 7.11 Å². The highest BCUT2D eigenvalue weighted by molar-refractivity contribution is 5.84. The molecule has 0 radical (unpaired) electrons. The zero-order valence-corrected chi connectivity index (χ0v) is 9.99. The van der Waals surface area contributed by atoms with Gasteiger partial charge in [-0.15, -0.1) is 0 Å². The van der Waals surface area contributed by atoms with Crippen molar-refractivity contribution in [1.29, 1.82) is 0 Å². The molecule has 1 atom stereocenters. The third-order valence-electron chi connectivity index (χ3n) is 2.10. The van der Waals surface area contributed by atoms with E-state index >= 15 is 0 Å². The lowest BCUT2D eigenvalue weighted by Crippen LogP contribution is -2.41. The van der Waals surface area contributed by atoms with Crippen LogP contribution in [0.2, 0.25) is 0 Å². The van der Waals surface area contributed by atoms with Crippen LogP contribution in [-0.2, 0) is 19.1 Å². The summed E-state index contributed by atoms with van der Waals surface area (Å²) in [6, 6.07) is -1.06. The second-order valence-corrected chi connectivity index (χ2v) is 3.43. The van der Waals surface area contributed by atoms with E-state index in [9.17, 15) is 14.4 Å². The maximum absolute atomic E-state index is 11.3. The van der Waals surface area contributed by atoms with E-state index in [1.807, 2.05) is 0 Å². The van der Waals surface area contributed by atoms with Crippen molar-refractivity contribution in [3.8, 4) is 0 Å². The van der Waals surface area contributed by atoms with Crippen molar-refractivity contribution in [3.05, 3.63) is 0 Å². The molecule has 0 saturated heterocycles. The Hall–Kier alpha value is -1.63. The van der Waals surface area contributed by atoms with Crippen LogP contribution in [0.25, 0.3) is 0 Å². The Bertz CT molecular complexity index is 280. The molecule has 0 rings (SSSR count). The van der Waals surface area contributed by atoms with E-state index in [2.05, 4.69) is 15.4 Å². The van der Waals surface area contributed by atoms with Crippen LogP contribution in [0.1, 0.15) is 19.3 Å². The van der Waals surface area contributed by atoms with Crippen LogP contribution in [0.5, 0.6) is 0 Å². The zero-order valence-electron chi connectivity index (χ0n) is 9.99. The van der Waals surface area contributed by atoms with Crippen LogP contribution in [0.15, 0.2) is 0 Å². The summed E-state index contributed by atoms with van der Waals surface area (Å²) >= 11 is 0. The topological polar surface area (TPSA) is 105 Å². The van der Waals surface area contributed by atoms with E-state index in [4.69, 9.17) is 5.11 Å². The Morgan fingerprint density at radius 1 is 1.29 bits per heavy atom. The summed E-state index contributed by atoms with van der Waals surface area (Å²) in [4.78, 5) is 33.0. The Morgan fingerprint density at radius 3 is 2.41 bits per heavy atom. The molecule has 0 heterocycles. The SMILES string of the molecule is CNCCC(=O)N[C@H](CCC(=O)OC)C(=O)O. The fourth-order valence-electron chi connectivity index (χ4n) is 1.13. The maximum atomic E-state index is 11.3. The van der Waals surface area contributed by atoms with Gasteiger partial charge in [0.15, 0.2) is 0 Å². The van der Waals surface area contributed by atoms with E-state index in [1.54, 1.807) is 7.05 Å². The average Bonchev–Trinajstić information content (AvgIpc) is 2.30. The molecular formula is C10H18N2O5. The number of rotatable bonds is 8. The van der Waals surface area contributed by atoms with Crippen molar-refractivity contribution in [2.24, 2.45) is 0 Å². The molecule has 98 valence electrons. The third-order valence-corrected chi connectivity index (χ3v) is 2.10. The standard InChI is InChI=1S/C10H18N2O5/c1-11-6-5-8(13)12-7(10(15)16)3-4-9(14)17-2/h7,11H,3-6H2,1-2H3,(H,12,13)(H,15,16)/t7-/m1/s1.